The van der Waals surface area contributed by atoms with Crippen LogP contribution in [0.5, 0.6) is 5.75 Å². The number of carbonyl (C=O) groups is 1. The number of hydrogen-bond acceptors (Lipinski definition) is 2. The molecular formula is C27H46O3. The van der Waals surface area contributed by atoms with E-state index in [-0.39, 0.29) is 0 Å². The van der Waals surface area contributed by atoms with Gasteiger partial charge in [0.1, 0.15) is 5.75 Å². The Morgan fingerprint density at radius 1 is 0.733 bits per heavy atom. The van der Waals surface area contributed by atoms with Crippen LogP contribution < -0.4 is 4.74 Å². The maximum Gasteiger partial charge on any atom is 0.344 e. The predicted molar refractivity (Wildman–Crippen MR) is 127 cm³/mol. The van der Waals surface area contributed by atoms with Crippen LogP contribution in [0.25, 0.3) is 0 Å². The Kier molecular flexibility index (Phi) is 16.2. The van der Waals surface area contributed by atoms with Crippen molar-refractivity contribution in [1.82, 2.24) is 0 Å². The van der Waals surface area contributed by atoms with Crippen LogP contribution in [-0.4, -0.2) is 17.2 Å². The van der Waals surface area contributed by atoms with Crippen molar-refractivity contribution in [2.45, 2.75) is 129 Å². The zero-order valence-corrected chi connectivity index (χ0v) is 19.7. The van der Waals surface area contributed by atoms with Gasteiger partial charge in [-0.3, -0.25) is 0 Å². The lowest BCUT2D eigenvalue weighted by molar-refractivity contribution is -0.144. The lowest BCUT2D eigenvalue weighted by Crippen LogP contribution is -2.22. The van der Waals surface area contributed by atoms with Crippen molar-refractivity contribution in [3.05, 3.63) is 29.8 Å². The molecule has 1 atom stereocenters. The first kappa shape index (κ1) is 26.5. The predicted octanol–water partition coefficient (Wildman–Crippen LogP) is 8.34. The molecule has 0 heterocycles. The normalized spacial score (nSPS) is 12.1. The first-order valence-corrected chi connectivity index (χ1v) is 12.6. The number of ether oxygens (including phenoxy) is 1. The molecule has 0 radical (unpaired) electrons. The van der Waals surface area contributed by atoms with Crippen LogP contribution in [0.15, 0.2) is 24.3 Å². The first-order chi connectivity index (χ1) is 14.6. The Hall–Kier alpha value is -1.51. The topological polar surface area (TPSA) is 46.5 Å². The molecule has 0 fully saturated rings. The van der Waals surface area contributed by atoms with Gasteiger partial charge in [0.05, 0.1) is 0 Å². The Bertz CT molecular complexity index is 523. The number of aliphatic carboxylic acids is 1. The Balaban J connectivity index is 1.88. The summed E-state index contributed by atoms with van der Waals surface area (Å²) in [6, 6.07) is 7.85. The first-order valence-electron chi connectivity index (χ1n) is 12.6. The zero-order valence-electron chi connectivity index (χ0n) is 19.7. The summed E-state index contributed by atoms with van der Waals surface area (Å²) in [4.78, 5) is 10.8. The molecule has 0 spiro atoms. The molecule has 0 aliphatic carbocycles. The SMILES string of the molecule is CCCCCCCCCCCCCCCCCCc1ccc(OC(C)C(=O)O)cc1. The lowest BCUT2D eigenvalue weighted by atomic mass is 10.0. The van der Waals surface area contributed by atoms with Gasteiger partial charge in [-0.25, -0.2) is 4.79 Å². The Morgan fingerprint density at radius 2 is 1.13 bits per heavy atom. The maximum atomic E-state index is 10.8. The number of aryl methyl sites for hydroxylation is 1. The summed E-state index contributed by atoms with van der Waals surface area (Å²) >= 11 is 0. The summed E-state index contributed by atoms with van der Waals surface area (Å²) < 4.78 is 5.37. The summed E-state index contributed by atoms with van der Waals surface area (Å²) in [5.74, 6) is -0.312. The number of unbranched alkanes of at least 4 members (excludes halogenated alkanes) is 15. The highest BCUT2D eigenvalue weighted by molar-refractivity contribution is 5.72. The molecule has 1 unspecified atom stereocenters. The van der Waals surface area contributed by atoms with Gasteiger partial charge in [-0.1, -0.05) is 115 Å². The van der Waals surface area contributed by atoms with E-state index < -0.39 is 12.1 Å². The molecule has 172 valence electrons. The van der Waals surface area contributed by atoms with Crippen LogP contribution in [0, 0.1) is 0 Å². The summed E-state index contributed by atoms with van der Waals surface area (Å²) in [5, 5.41) is 8.88. The second-order valence-corrected chi connectivity index (χ2v) is 8.80. The molecule has 30 heavy (non-hydrogen) atoms. The van der Waals surface area contributed by atoms with Crippen molar-refractivity contribution < 1.29 is 14.6 Å². The third-order valence-electron chi connectivity index (χ3n) is 5.90. The van der Waals surface area contributed by atoms with Gasteiger partial charge in [0.15, 0.2) is 6.10 Å². The van der Waals surface area contributed by atoms with Gasteiger partial charge in [0, 0.05) is 0 Å². The van der Waals surface area contributed by atoms with Crippen molar-refractivity contribution in [3.8, 4) is 5.75 Å². The van der Waals surface area contributed by atoms with E-state index in [1.807, 2.05) is 12.1 Å². The highest BCUT2D eigenvalue weighted by Crippen LogP contribution is 2.17. The van der Waals surface area contributed by atoms with Crippen LogP contribution in [0.1, 0.15) is 122 Å². The van der Waals surface area contributed by atoms with Gasteiger partial charge in [-0.15, -0.1) is 0 Å². The molecule has 1 N–H and O–H groups in total. The smallest absolute Gasteiger partial charge is 0.344 e. The van der Waals surface area contributed by atoms with E-state index in [1.165, 1.54) is 108 Å². The van der Waals surface area contributed by atoms with Crippen molar-refractivity contribution in [3.63, 3.8) is 0 Å². The molecule has 0 bridgehead atoms. The third kappa shape index (κ3) is 14.5. The summed E-state index contributed by atoms with van der Waals surface area (Å²) in [5.41, 5.74) is 1.30. The quantitative estimate of drug-likeness (QED) is 0.216. The average molecular weight is 419 g/mol. The van der Waals surface area contributed by atoms with Gasteiger partial charge in [-0.05, 0) is 37.5 Å². The van der Waals surface area contributed by atoms with Gasteiger partial charge in [0.25, 0.3) is 0 Å². The van der Waals surface area contributed by atoms with E-state index in [0.29, 0.717) is 5.75 Å². The molecule has 0 aliphatic heterocycles. The van der Waals surface area contributed by atoms with Gasteiger partial charge in [0.2, 0.25) is 0 Å². The molecule has 1 aromatic carbocycles. The van der Waals surface area contributed by atoms with Crippen molar-refractivity contribution in [2.24, 2.45) is 0 Å². The summed E-state index contributed by atoms with van der Waals surface area (Å²) in [6.45, 7) is 3.83. The van der Waals surface area contributed by atoms with Crippen LogP contribution in [-0.2, 0) is 11.2 Å². The fourth-order valence-corrected chi connectivity index (χ4v) is 3.87. The van der Waals surface area contributed by atoms with Gasteiger partial charge < -0.3 is 9.84 Å². The lowest BCUT2D eigenvalue weighted by Gasteiger charge is -2.10. The minimum absolute atomic E-state index is 0.626. The Labute approximate surface area is 185 Å². The molecule has 3 heteroatoms. The molecule has 0 saturated carbocycles. The van der Waals surface area contributed by atoms with E-state index >= 15 is 0 Å². The highest BCUT2D eigenvalue weighted by Gasteiger charge is 2.11. The third-order valence-corrected chi connectivity index (χ3v) is 5.90. The molecule has 0 aromatic heterocycles. The standard InChI is InChI=1S/C27H46O3/c1-3-4-5-6-7-8-9-10-11-12-13-14-15-16-17-18-19-25-20-22-26(23-21-25)30-24(2)27(28)29/h20-24H,3-19H2,1-2H3,(H,28,29). The summed E-state index contributed by atoms with van der Waals surface area (Å²) in [7, 11) is 0. The fraction of sp³-hybridized carbons (Fsp3) is 0.741. The summed E-state index contributed by atoms with van der Waals surface area (Å²) in [6.07, 6.45) is 22.6. The van der Waals surface area contributed by atoms with E-state index in [4.69, 9.17) is 9.84 Å². The zero-order chi connectivity index (χ0) is 21.9. The van der Waals surface area contributed by atoms with Crippen LogP contribution >= 0.6 is 0 Å². The number of hydrogen-bond donors (Lipinski definition) is 1. The molecule has 1 aromatic rings. The van der Waals surface area contributed by atoms with E-state index in [2.05, 4.69) is 19.1 Å². The minimum atomic E-state index is -0.938. The largest absolute Gasteiger partial charge is 0.479 e. The van der Waals surface area contributed by atoms with Crippen molar-refractivity contribution >= 4 is 5.97 Å². The number of carboxylic acids is 1. The van der Waals surface area contributed by atoms with Crippen LogP contribution in [0.3, 0.4) is 0 Å². The number of carboxylic acid groups (broad SMARTS) is 1. The van der Waals surface area contributed by atoms with Gasteiger partial charge in [-0.2, -0.15) is 0 Å². The fourth-order valence-electron chi connectivity index (χ4n) is 3.87. The van der Waals surface area contributed by atoms with Crippen molar-refractivity contribution in [2.75, 3.05) is 0 Å². The molecule has 1 rings (SSSR count). The molecular weight excluding hydrogens is 372 g/mol. The van der Waals surface area contributed by atoms with Crippen LogP contribution in [0.4, 0.5) is 0 Å². The minimum Gasteiger partial charge on any atom is -0.479 e. The number of rotatable bonds is 20. The Morgan fingerprint density at radius 3 is 1.53 bits per heavy atom. The van der Waals surface area contributed by atoms with E-state index in [9.17, 15) is 4.79 Å². The second kappa shape index (κ2) is 18.3. The van der Waals surface area contributed by atoms with Crippen LogP contribution in [0.2, 0.25) is 0 Å². The number of benzene rings is 1. The molecule has 0 amide bonds. The molecule has 0 saturated heterocycles. The van der Waals surface area contributed by atoms with Gasteiger partial charge >= 0.3 is 5.97 Å². The van der Waals surface area contributed by atoms with E-state index in [0.717, 1.165) is 6.42 Å². The van der Waals surface area contributed by atoms with E-state index in [1.54, 1.807) is 6.92 Å². The highest BCUT2D eigenvalue weighted by atomic mass is 16.5. The maximum absolute atomic E-state index is 10.8. The molecule has 0 aliphatic rings. The molecule has 3 nitrogen and oxygen atoms in total. The second-order valence-electron chi connectivity index (χ2n) is 8.80. The average Bonchev–Trinajstić information content (AvgIpc) is 2.74. The van der Waals surface area contributed by atoms with Crippen molar-refractivity contribution in [1.29, 1.82) is 0 Å². The monoisotopic (exact) mass is 418 g/mol.